The first kappa shape index (κ1) is 11.6. The van der Waals surface area contributed by atoms with Crippen LogP contribution < -0.4 is 0 Å². The Morgan fingerprint density at radius 1 is 1.39 bits per heavy atom. The Bertz CT molecular complexity index is 764. The first-order chi connectivity index (χ1) is 8.65. The molecule has 0 aliphatic heterocycles. The summed E-state index contributed by atoms with van der Waals surface area (Å²) in [5.74, 6) is 0. The van der Waals surface area contributed by atoms with Crippen LogP contribution in [0.5, 0.6) is 0 Å². The van der Waals surface area contributed by atoms with E-state index in [0.29, 0.717) is 0 Å². The number of nitrogens with one attached hydrogen (secondary N) is 1. The van der Waals surface area contributed by atoms with Crippen molar-refractivity contribution in [3.05, 3.63) is 44.6 Å². The zero-order chi connectivity index (χ0) is 12.7. The number of benzene rings is 1. The SMILES string of the molecule is Cc1ccc2[nH]c(=S)n(Cc3scnc3C)c2c1. The highest BCUT2D eigenvalue weighted by molar-refractivity contribution is 7.71. The van der Waals surface area contributed by atoms with Gasteiger partial charge in [0.1, 0.15) is 0 Å². The molecule has 0 saturated heterocycles. The molecule has 0 fully saturated rings. The van der Waals surface area contributed by atoms with Crippen molar-refractivity contribution >= 4 is 34.6 Å². The lowest BCUT2D eigenvalue weighted by molar-refractivity contribution is 0.815. The van der Waals surface area contributed by atoms with Gasteiger partial charge >= 0.3 is 0 Å². The Morgan fingerprint density at radius 3 is 2.94 bits per heavy atom. The Labute approximate surface area is 114 Å². The molecule has 0 atom stereocenters. The molecule has 0 unspecified atom stereocenters. The van der Waals surface area contributed by atoms with Crippen molar-refractivity contribution in [3.63, 3.8) is 0 Å². The number of H-pyrrole nitrogens is 1. The molecule has 3 aromatic rings. The monoisotopic (exact) mass is 275 g/mol. The standard InChI is InChI=1S/C13H13N3S2/c1-8-3-4-10-11(5-8)16(13(17)15-10)6-12-9(2)14-7-18-12/h3-5,7H,6H2,1-2H3,(H,15,17). The molecule has 2 heterocycles. The van der Waals surface area contributed by atoms with Gasteiger partial charge in [0.05, 0.1) is 28.8 Å². The fourth-order valence-electron chi connectivity index (χ4n) is 2.04. The van der Waals surface area contributed by atoms with Crippen molar-refractivity contribution in [3.8, 4) is 0 Å². The highest BCUT2D eigenvalue weighted by Gasteiger charge is 2.08. The number of fused-ring (bicyclic) bond motifs is 1. The van der Waals surface area contributed by atoms with Gasteiger partial charge in [-0.15, -0.1) is 11.3 Å². The summed E-state index contributed by atoms with van der Waals surface area (Å²) in [5.41, 5.74) is 6.46. The lowest BCUT2D eigenvalue weighted by atomic mass is 10.2. The number of imidazole rings is 1. The van der Waals surface area contributed by atoms with Crippen LogP contribution in [-0.2, 0) is 6.54 Å². The van der Waals surface area contributed by atoms with Crippen LogP contribution in [-0.4, -0.2) is 14.5 Å². The number of thiazole rings is 1. The van der Waals surface area contributed by atoms with Crippen LogP contribution in [0.3, 0.4) is 0 Å². The third kappa shape index (κ3) is 1.89. The Hall–Kier alpha value is -1.46. The molecule has 2 aromatic heterocycles. The number of hydrogen-bond acceptors (Lipinski definition) is 3. The third-order valence-corrected chi connectivity index (χ3v) is 4.32. The molecule has 5 heteroatoms. The fourth-order valence-corrected chi connectivity index (χ4v) is 3.08. The topological polar surface area (TPSA) is 33.6 Å². The van der Waals surface area contributed by atoms with Crippen LogP contribution in [0.15, 0.2) is 23.7 Å². The van der Waals surface area contributed by atoms with Crippen molar-refractivity contribution in [1.82, 2.24) is 14.5 Å². The van der Waals surface area contributed by atoms with Crippen LogP contribution in [0, 0.1) is 18.6 Å². The summed E-state index contributed by atoms with van der Waals surface area (Å²) in [7, 11) is 0. The van der Waals surface area contributed by atoms with E-state index in [-0.39, 0.29) is 0 Å². The Balaban J connectivity index is 2.17. The molecule has 0 spiro atoms. The Kier molecular flexibility index (Phi) is 2.80. The first-order valence-electron chi connectivity index (χ1n) is 5.73. The van der Waals surface area contributed by atoms with Crippen molar-refractivity contribution in [2.45, 2.75) is 20.4 Å². The number of rotatable bonds is 2. The number of aryl methyl sites for hydroxylation is 2. The maximum atomic E-state index is 5.40. The predicted octanol–water partition coefficient (Wildman–Crippen LogP) is 3.82. The van der Waals surface area contributed by atoms with E-state index >= 15 is 0 Å². The molecule has 1 aromatic carbocycles. The molecular formula is C13H13N3S2. The van der Waals surface area contributed by atoms with Gasteiger partial charge < -0.3 is 9.55 Å². The molecule has 3 nitrogen and oxygen atoms in total. The minimum absolute atomic E-state index is 0.767. The normalized spacial score (nSPS) is 11.2. The van der Waals surface area contributed by atoms with Gasteiger partial charge in [0.25, 0.3) is 0 Å². The maximum absolute atomic E-state index is 5.40. The summed E-state index contributed by atoms with van der Waals surface area (Å²) in [6, 6.07) is 6.34. The van der Waals surface area contributed by atoms with E-state index in [4.69, 9.17) is 12.2 Å². The zero-order valence-corrected chi connectivity index (χ0v) is 11.9. The highest BCUT2D eigenvalue weighted by atomic mass is 32.1. The number of aromatic amines is 1. The van der Waals surface area contributed by atoms with Gasteiger partial charge in [0.15, 0.2) is 4.77 Å². The molecular weight excluding hydrogens is 262 g/mol. The third-order valence-electron chi connectivity index (χ3n) is 3.08. The van der Waals surface area contributed by atoms with Crippen molar-refractivity contribution in [2.75, 3.05) is 0 Å². The quantitative estimate of drug-likeness (QED) is 0.721. The van der Waals surface area contributed by atoms with Gasteiger partial charge in [-0.25, -0.2) is 4.98 Å². The van der Waals surface area contributed by atoms with Crippen LogP contribution in [0.1, 0.15) is 16.1 Å². The molecule has 0 amide bonds. The minimum atomic E-state index is 0.767. The second kappa shape index (κ2) is 4.33. The van der Waals surface area contributed by atoms with Crippen molar-refractivity contribution < 1.29 is 0 Å². The van der Waals surface area contributed by atoms with E-state index in [1.165, 1.54) is 10.4 Å². The summed E-state index contributed by atoms with van der Waals surface area (Å²) in [6.45, 7) is 4.92. The van der Waals surface area contributed by atoms with Gasteiger partial charge in [-0.1, -0.05) is 6.07 Å². The Morgan fingerprint density at radius 2 is 2.22 bits per heavy atom. The largest absolute Gasteiger partial charge is 0.331 e. The summed E-state index contributed by atoms with van der Waals surface area (Å²) >= 11 is 7.08. The zero-order valence-electron chi connectivity index (χ0n) is 10.2. The van der Waals surface area contributed by atoms with E-state index in [2.05, 4.69) is 39.7 Å². The molecule has 0 aliphatic carbocycles. The number of aromatic nitrogens is 3. The summed E-state index contributed by atoms with van der Waals surface area (Å²) < 4.78 is 2.90. The van der Waals surface area contributed by atoms with Gasteiger partial charge in [-0.3, -0.25) is 0 Å². The molecule has 0 saturated carbocycles. The van der Waals surface area contributed by atoms with Gasteiger partial charge in [-0.05, 0) is 43.8 Å². The van der Waals surface area contributed by atoms with Crippen molar-refractivity contribution in [2.24, 2.45) is 0 Å². The van der Waals surface area contributed by atoms with Crippen LogP contribution in [0.4, 0.5) is 0 Å². The summed E-state index contributed by atoms with van der Waals surface area (Å²) in [5, 5.41) is 0. The molecule has 3 rings (SSSR count). The van der Waals surface area contributed by atoms with Crippen LogP contribution in [0.25, 0.3) is 11.0 Å². The molecule has 1 N–H and O–H groups in total. The van der Waals surface area contributed by atoms with E-state index in [1.807, 2.05) is 12.4 Å². The average Bonchev–Trinajstić information content (AvgIpc) is 2.86. The van der Waals surface area contributed by atoms with E-state index < -0.39 is 0 Å². The summed E-state index contributed by atoms with van der Waals surface area (Å²) in [4.78, 5) is 8.79. The second-order valence-corrected chi connectivity index (χ2v) is 5.72. The predicted molar refractivity (Wildman–Crippen MR) is 77.8 cm³/mol. The molecule has 0 aliphatic rings. The van der Waals surface area contributed by atoms with Gasteiger partial charge in [0.2, 0.25) is 0 Å². The van der Waals surface area contributed by atoms with Crippen molar-refractivity contribution in [1.29, 1.82) is 0 Å². The average molecular weight is 275 g/mol. The smallest absolute Gasteiger partial charge is 0.178 e. The van der Waals surface area contributed by atoms with Gasteiger partial charge in [-0.2, -0.15) is 0 Å². The van der Waals surface area contributed by atoms with Gasteiger partial charge in [0, 0.05) is 4.88 Å². The van der Waals surface area contributed by atoms with Crippen LogP contribution >= 0.6 is 23.6 Å². The number of hydrogen-bond donors (Lipinski definition) is 1. The second-order valence-electron chi connectivity index (χ2n) is 4.40. The first-order valence-corrected chi connectivity index (χ1v) is 7.02. The molecule has 18 heavy (non-hydrogen) atoms. The lowest BCUT2D eigenvalue weighted by Gasteiger charge is -2.03. The minimum Gasteiger partial charge on any atom is -0.331 e. The highest BCUT2D eigenvalue weighted by Crippen LogP contribution is 2.20. The van der Waals surface area contributed by atoms with E-state index in [9.17, 15) is 0 Å². The summed E-state index contributed by atoms with van der Waals surface area (Å²) in [6.07, 6.45) is 0. The molecule has 92 valence electrons. The fraction of sp³-hybridized carbons (Fsp3) is 0.231. The van der Waals surface area contributed by atoms with E-state index in [0.717, 1.165) is 28.0 Å². The number of nitrogens with zero attached hydrogens (tertiary/aromatic N) is 2. The van der Waals surface area contributed by atoms with E-state index in [1.54, 1.807) is 11.3 Å². The van der Waals surface area contributed by atoms with Crippen LogP contribution in [0.2, 0.25) is 0 Å². The molecule has 0 radical (unpaired) electrons. The molecule has 0 bridgehead atoms. The lowest BCUT2D eigenvalue weighted by Crippen LogP contribution is -1.99. The maximum Gasteiger partial charge on any atom is 0.178 e.